The molecule has 6 heteroatoms. The van der Waals surface area contributed by atoms with E-state index in [-0.39, 0.29) is 17.9 Å². The highest BCUT2D eigenvalue weighted by Gasteiger charge is 2.07. The van der Waals surface area contributed by atoms with Gasteiger partial charge in [-0.1, -0.05) is 0 Å². The molecule has 2 aromatic heterocycles. The summed E-state index contributed by atoms with van der Waals surface area (Å²) < 4.78 is 27.3. The minimum Gasteiger partial charge on any atom is -0.307 e. The van der Waals surface area contributed by atoms with Crippen LogP contribution >= 0.6 is 11.3 Å². The van der Waals surface area contributed by atoms with Crippen molar-refractivity contribution in [3.63, 3.8) is 0 Å². The summed E-state index contributed by atoms with van der Waals surface area (Å²) in [5.41, 5.74) is 1.18. The summed E-state index contributed by atoms with van der Waals surface area (Å²) in [6.45, 7) is 0.203. The molecule has 0 aliphatic heterocycles. The van der Waals surface area contributed by atoms with E-state index in [0.717, 1.165) is 22.8 Å². The van der Waals surface area contributed by atoms with Crippen molar-refractivity contribution in [3.8, 4) is 10.6 Å². The Balaban J connectivity index is 1.87. The van der Waals surface area contributed by atoms with Gasteiger partial charge >= 0.3 is 0 Å². The van der Waals surface area contributed by atoms with Crippen molar-refractivity contribution >= 4 is 11.3 Å². The second-order valence-corrected chi connectivity index (χ2v) is 5.32. The van der Waals surface area contributed by atoms with Gasteiger partial charge in [-0.3, -0.25) is 4.79 Å². The van der Waals surface area contributed by atoms with E-state index in [0.29, 0.717) is 5.69 Å². The van der Waals surface area contributed by atoms with Crippen LogP contribution in [-0.2, 0) is 6.54 Å². The highest BCUT2D eigenvalue weighted by molar-refractivity contribution is 7.13. The lowest BCUT2D eigenvalue weighted by Crippen LogP contribution is -2.19. The van der Waals surface area contributed by atoms with Gasteiger partial charge < -0.3 is 4.57 Å². The molecule has 106 valence electrons. The Kier molecular flexibility index (Phi) is 3.62. The van der Waals surface area contributed by atoms with Gasteiger partial charge in [0.2, 0.25) is 0 Å². The van der Waals surface area contributed by atoms with E-state index in [4.69, 9.17) is 0 Å². The molecule has 3 nitrogen and oxygen atoms in total. The molecule has 0 radical (unpaired) electrons. The predicted molar refractivity (Wildman–Crippen MR) is 77.3 cm³/mol. The average Bonchev–Trinajstić information content (AvgIpc) is 2.92. The van der Waals surface area contributed by atoms with E-state index >= 15 is 0 Å². The number of hydrogen-bond acceptors (Lipinski definition) is 3. The van der Waals surface area contributed by atoms with Gasteiger partial charge in [-0.2, -0.15) is 0 Å². The van der Waals surface area contributed by atoms with Crippen LogP contribution in [0.25, 0.3) is 10.6 Å². The first-order valence-electron chi connectivity index (χ1n) is 6.18. The van der Waals surface area contributed by atoms with E-state index in [1.165, 1.54) is 34.1 Å². The topological polar surface area (TPSA) is 34.9 Å². The van der Waals surface area contributed by atoms with Gasteiger partial charge in [0.15, 0.2) is 0 Å². The van der Waals surface area contributed by atoms with Gasteiger partial charge in [-0.15, -0.1) is 11.3 Å². The molecule has 0 atom stereocenters. The summed E-state index contributed by atoms with van der Waals surface area (Å²) in [7, 11) is 0. The fourth-order valence-corrected chi connectivity index (χ4v) is 2.72. The molecule has 3 rings (SSSR count). The smallest absolute Gasteiger partial charge is 0.251 e. The average molecular weight is 304 g/mol. The van der Waals surface area contributed by atoms with Crippen LogP contribution in [0.3, 0.4) is 0 Å². The lowest BCUT2D eigenvalue weighted by atomic mass is 10.2. The molecular formula is C15H10F2N2OS. The Labute approximate surface area is 123 Å². The van der Waals surface area contributed by atoms with Crippen molar-refractivity contribution in [2.75, 3.05) is 0 Å². The molecular weight excluding hydrogens is 294 g/mol. The van der Waals surface area contributed by atoms with Crippen LogP contribution in [0.5, 0.6) is 0 Å². The second kappa shape index (κ2) is 5.57. The Bertz CT molecular complexity index is 824. The van der Waals surface area contributed by atoms with Crippen molar-refractivity contribution < 1.29 is 8.78 Å². The third kappa shape index (κ3) is 3.05. The van der Waals surface area contributed by atoms with Crippen molar-refractivity contribution in [2.24, 2.45) is 0 Å². The summed E-state index contributed by atoms with van der Waals surface area (Å²) in [5.74, 6) is -0.773. The van der Waals surface area contributed by atoms with Gasteiger partial charge in [0.05, 0.1) is 12.2 Å². The molecule has 1 aromatic carbocycles. The van der Waals surface area contributed by atoms with Crippen molar-refractivity contribution in [1.82, 2.24) is 9.55 Å². The van der Waals surface area contributed by atoms with Crippen LogP contribution in [0.4, 0.5) is 8.78 Å². The molecule has 21 heavy (non-hydrogen) atoms. The van der Waals surface area contributed by atoms with Gasteiger partial charge in [-0.05, 0) is 30.3 Å². The number of pyridine rings is 1. The maximum atomic E-state index is 13.1. The molecule has 0 aliphatic carbocycles. The number of thiazole rings is 1. The monoisotopic (exact) mass is 304 g/mol. The number of halogens is 2. The number of nitrogens with zero attached hydrogens (tertiary/aromatic N) is 2. The quantitative estimate of drug-likeness (QED) is 0.744. The van der Waals surface area contributed by atoms with Crippen LogP contribution in [0.15, 0.2) is 52.8 Å². The third-order valence-electron chi connectivity index (χ3n) is 2.92. The number of rotatable bonds is 3. The molecule has 0 saturated heterocycles. The van der Waals surface area contributed by atoms with Gasteiger partial charge in [0.25, 0.3) is 5.56 Å². The zero-order chi connectivity index (χ0) is 14.8. The van der Waals surface area contributed by atoms with Gasteiger partial charge in [-0.25, -0.2) is 13.8 Å². The van der Waals surface area contributed by atoms with E-state index in [9.17, 15) is 13.6 Å². The highest BCUT2D eigenvalue weighted by Crippen LogP contribution is 2.24. The summed E-state index contributed by atoms with van der Waals surface area (Å²) in [6, 6.07) is 8.34. The van der Waals surface area contributed by atoms with Crippen molar-refractivity contribution in [1.29, 1.82) is 0 Å². The van der Waals surface area contributed by atoms with Gasteiger partial charge in [0.1, 0.15) is 16.6 Å². The molecule has 0 aliphatic rings. The molecule has 0 unspecified atom stereocenters. The fourth-order valence-electron chi connectivity index (χ4n) is 1.90. The second-order valence-electron chi connectivity index (χ2n) is 4.46. The first kappa shape index (κ1) is 13.6. The zero-order valence-corrected chi connectivity index (χ0v) is 11.6. The summed E-state index contributed by atoms with van der Waals surface area (Å²) >= 11 is 1.40. The molecule has 0 saturated carbocycles. The van der Waals surface area contributed by atoms with Crippen molar-refractivity contribution in [3.05, 3.63) is 75.7 Å². The Morgan fingerprint density at radius 1 is 1.05 bits per heavy atom. The summed E-state index contributed by atoms with van der Waals surface area (Å²) in [4.78, 5) is 16.0. The number of aromatic nitrogens is 2. The maximum absolute atomic E-state index is 13.1. The normalized spacial score (nSPS) is 10.8. The predicted octanol–water partition coefficient (Wildman–Crippen LogP) is 3.30. The molecule has 0 amide bonds. The summed E-state index contributed by atoms with van der Waals surface area (Å²) in [6.07, 6.45) is 1.15. The zero-order valence-electron chi connectivity index (χ0n) is 10.8. The molecule has 0 fully saturated rings. The first-order chi connectivity index (χ1) is 10.1. The highest BCUT2D eigenvalue weighted by atomic mass is 32.1. The van der Waals surface area contributed by atoms with E-state index in [1.54, 1.807) is 17.5 Å². The van der Waals surface area contributed by atoms with Crippen molar-refractivity contribution in [2.45, 2.75) is 6.54 Å². The van der Waals surface area contributed by atoms with Crippen LogP contribution in [0.1, 0.15) is 5.69 Å². The molecule has 2 heterocycles. The largest absolute Gasteiger partial charge is 0.307 e. The summed E-state index contributed by atoms with van der Waals surface area (Å²) in [5, 5.41) is 2.53. The number of hydrogen-bond donors (Lipinski definition) is 0. The molecule has 3 aromatic rings. The van der Waals surface area contributed by atoms with Crippen LogP contribution in [0, 0.1) is 11.6 Å². The Hall–Kier alpha value is -2.34. The van der Waals surface area contributed by atoms with E-state index in [1.807, 2.05) is 0 Å². The molecule has 0 N–H and O–H groups in total. The van der Waals surface area contributed by atoms with Crippen LogP contribution in [-0.4, -0.2) is 9.55 Å². The maximum Gasteiger partial charge on any atom is 0.251 e. The molecule has 0 bridgehead atoms. The fraction of sp³-hybridized carbons (Fsp3) is 0.0667. The number of benzene rings is 1. The Morgan fingerprint density at radius 2 is 1.76 bits per heavy atom. The van der Waals surface area contributed by atoms with Gasteiger partial charge in [0, 0.05) is 23.2 Å². The van der Waals surface area contributed by atoms with E-state index < -0.39 is 5.82 Å². The van der Waals surface area contributed by atoms with E-state index in [2.05, 4.69) is 4.98 Å². The van der Waals surface area contributed by atoms with Crippen LogP contribution in [0.2, 0.25) is 0 Å². The Morgan fingerprint density at radius 3 is 2.52 bits per heavy atom. The minimum absolute atomic E-state index is 0.203. The third-order valence-corrected chi connectivity index (χ3v) is 3.86. The SMILES string of the molecule is O=c1ccc(F)cn1Cc1csc(-c2ccc(F)cc2)n1. The first-order valence-corrected chi connectivity index (χ1v) is 7.06. The standard InChI is InChI=1S/C15H10F2N2OS/c16-11-3-1-10(2-4-11)15-18-13(9-21-15)8-19-7-12(17)5-6-14(19)20/h1-7,9H,8H2. The lowest BCUT2D eigenvalue weighted by Gasteiger charge is -2.02. The van der Waals surface area contributed by atoms with Crippen LogP contribution < -0.4 is 5.56 Å². The molecule has 0 spiro atoms. The minimum atomic E-state index is -0.469. The lowest BCUT2D eigenvalue weighted by molar-refractivity contribution is 0.594.